The van der Waals surface area contributed by atoms with Gasteiger partial charge in [0, 0.05) is 12.1 Å². The summed E-state index contributed by atoms with van der Waals surface area (Å²) in [5.41, 5.74) is 0.876. The average Bonchev–Trinajstić information content (AvgIpc) is 2.29. The molecule has 4 heteroatoms. The highest BCUT2D eigenvalue weighted by molar-refractivity contribution is 7.80. The summed E-state index contributed by atoms with van der Waals surface area (Å²) in [7, 11) is 0. The largest absolute Gasteiger partial charge is 0.332 e. The Morgan fingerprint density at radius 2 is 2.00 bits per heavy atom. The third-order valence-electron chi connectivity index (χ3n) is 2.52. The number of anilines is 1. The zero-order valence-electron chi connectivity index (χ0n) is 10.2. The number of thiocarbonyl (C=S) groups is 1. The van der Waals surface area contributed by atoms with Crippen LogP contribution in [0.15, 0.2) is 30.3 Å². The van der Waals surface area contributed by atoms with E-state index in [1.807, 2.05) is 37.3 Å². The van der Waals surface area contributed by atoms with Crippen LogP contribution in [0.2, 0.25) is 0 Å². The summed E-state index contributed by atoms with van der Waals surface area (Å²) in [6.45, 7) is 4.12. The van der Waals surface area contributed by atoms with E-state index in [2.05, 4.69) is 17.6 Å². The van der Waals surface area contributed by atoms with Crippen molar-refractivity contribution in [2.45, 2.75) is 26.7 Å². The van der Waals surface area contributed by atoms with Crippen LogP contribution in [0.25, 0.3) is 0 Å². The molecule has 3 nitrogen and oxygen atoms in total. The molecule has 17 heavy (non-hydrogen) atoms. The van der Waals surface area contributed by atoms with E-state index >= 15 is 0 Å². The molecule has 0 unspecified atom stereocenters. The number of carbonyl (C=O) groups is 1. The van der Waals surface area contributed by atoms with Crippen molar-refractivity contribution in [3.63, 3.8) is 0 Å². The Labute approximate surface area is 108 Å². The smallest absolute Gasteiger partial charge is 0.226 e. The minimum Gasteiger partial charge on any atom is -0.332 e. The summed E-state index contributed by atoms with van der Waals surface area (Å²) < 4.78 is 0. The lowest BCUT2D eigenvalue weighted by Gasteiger charge is -2.11. The van der Waals surface area contributed by atoms with E-state index in [1.165, 1.54) is 0 Å². The molecule has 0 fully saturated rings. The molecule has 1 rings (SSSR count). The minimum atomic E-state index is -0.0345. The van der Waals surface area contributed by atoms with E-state index in [1.54, 1.807) is 0 Å². The topological polar surface area (TPSA) is 41.1 Å². The van der Waals surface area contributed by atoms with E-state index in [4.69, 9.17) is 12.2 Å². The summed E-state index contributed by atoms with van der Waals surface area (Å²) in [4.78, 5) is 11.6. The van der Waals surface area contributed by atoms with Gasteiger partial charge in [0.1, 0.15) is 0 Å². The Kier molecular flexibility index (Phi) is 5.63. The molecule has 0 aromatic heterocycles. The highest BCUT2D eigenvalue weighted by atomic mass is 32.1. The fourth-order valence-corrected chi connectivity index (χ4v) is 1.55. The van der Waals surface area contributed by atoms with Crippen LogP contribution >= 0.6 is 12.2 Å². The lowest BCUT2D eigenvalue weighted by atomic mass is 10.1. The molecule has 0 aliphatic heterocycles. The second kappa shape index (κ2) is 7.01. The Hall–Kier alpha value is -1.42. The first-order valence-electron chi connectivity index (χ1n) is 5.77. The van der Waals surface area contributed by atoms with Gasteiger partial charge >= 0.3 is 0 Å². The Morgan fingerprint density at radius 3 is 2.59 bits per heavy atom. The molecule has 0 heterocycles. The number of hydrogen-bond donors (Lipinski definition) is 2. The van der Waals surface area contributed by atoms with Gasteiger partial charge in [-0.25, -0.2) is 0 Å². The molecule has 92 valence electrons. The fourth-order valence-electron chi connectivity index (χ4n) is 1.32. The van der Waals surface area contributed by atoms with Crippen LogP contribution in [0.5, 0.6) is 0 Å². The van der Waals surface area contributed by atoms with Crippen molar-refractivity contribution in [3.8, 4) is 0 Å². The molecule has 1 atom stereocenters. The van der Waals surface area contributed by atoms with E-state index in [0.717, 1.165) is 12.1 Å². The summed E-state index contributed by atoms with van der Waals surface area (Å²) in [5.74, 6) is 0.349. The normalized spacial score (nSPS) is 11.6. The highest BCUT2D eigenvalue weighted by Gasteiger charge is 2.08. The van der Waals surface area contributed by atoms with Gasteiger partial charge in [-0.3, -0.25) is 4.79 Å². The van der Waals surface area contributed by atoms with Gasteiger partial charge in [0.25, 0.3) is 0 Å². The average molecular weight is 250 g/mol. The Balaban J connectivity index is 2.37. The predicted octanol–water partition coefficient (Wildman–Crippen LogP) is 2.94. The first-order valence-corrected chi connectivity index (χ1v) is 6.18. The molecule has 0 saturated heterocycles. The molecule has 0 aliphatic rings. The van der Waals surface area contributed by atoms with Crippen molar-refractivity contribution in [2.75, 3.05) is 5.32 Å². The monoisotopic (exact) mass is 250 g/mol. The van der Waals surface area contributed by atoms with Crippen LogP contribution < -0.4 is 10.6 Å². The fraction of sp³-hybridized carbons (Fsp3) is 0.385. The molecule has 1 amide bonds. The van der Waals surface area contributed by atoms with Crippen LogP contribution in [0, 0.1) is 5.92 Å². The number of rotatable bonds is 4. The molecule has 0 aliphatic carbocycles. The summed E-state index contributed by atoms with van der Waals surface area (Å²) in [5, 5.41) is 5.99. The first-order chi connectivity index (χ1) is 8.11. The molecular formula is C13H18N2OS. The van der Waals surface area contributed by atoms with Crippen LogP contribution in [0.1, 0.15) is 26.7 Å². The van der Waals surface area contributed by atoms with Gasteiger partial charge in [0.05, 0.1) is 0 Å². The van der Waals surface area contributed by atoms with Gasteiger partial charge in [-0.2, -0.15) is 0 Å². The van der Waals surface area contributed by atoms with E-state index in [9.17, 15) is 4.79 Å². The molecule has 0 saturated carbocycles. The SMILES string of the molecule is CC[C@H](C)CC(=O)NC(=S)Nc1ccccc1. The molecule has 1 aromatic carbocycles. The second-order valence-corrected chi connectivity index (χ2v) is 4.49. The molecule has 1 aromatic rings. The van der Waals surface area contributed by atoms with Gasteiger partial charge in [-0.05, 0) is 30.3 Å². The van der Waals surface area contributed by atoms with Crippen LogP contribution in [-0.2, 0) is 4.79 Å². The van der Waals surface area contributed by atoms with Crippen molar-refractivity contribution in [3.05, 3.63) is 30.3 Å². The third kappa shape index (κ3) is 5.45. The molecule has 0 spiro atoms. The number of nitrogens with one attached hydrogen (secondary N) is 2. The summed E-state index contributed by atoms with van der Waals surface area (Å²) >= 11 is 5.06. The van der Waals surface area contributed by atoms with E-state index in [0.29, 0.717) is 17.5 Å². The zero-order chi connectivity index (χ0) is 12.7. The van der Waals surface area contributed by atoms with Crippen molar-refractivity contribution in [1.29, 1.82) is 0 Å². The third-order valence-corrected chi connectivity index (χ3v) is 2.72. The number of para-hydroxylation sites is 1. The maximum absolute atomic E-state index is 11.6. The van der Waals surface area contributed by atoms with E-state index < -0.39 is 0 Å². The predicted molar refractivity (Wildman–Crippen MR) is 74.9 cm³/mol. The van der Waals surface area contributed by atoms with Crippen molar-refractivity contribution < 1.29 is 4.79 Å². The van der Waals surface area contributed by atoms with Gasteiger partial charge in [0.2, 0.25) is 5.91 Å². The summed E-state index contributed by atoms with van der Waals surface area (Å²) in [6, 6.07) is 9.54. The number of carbonyl (C=O) groups excluding carboxylic acids is 1. The second-order valence-electron chi connectivity index (χ2n) is 4.09. The molecule has 0 bridgehead atoms. The van der Waals surface area contributed by atoms with E-state index in [-0.39, 0.29) is 5.91 Å². The van der Waals surface area contributed by atoms with Crippen LogP contribution in [0.3, 0.4) is 0 Å². The molecule has 0 radical (unpaired) electrons. The van der Waals surface area contributed by atoms with Crippen LogP contribution in [0.4, 0.5) is 5.69 Å². The Morgan fingerprint density at radius 1 is 1.35 bits per heavy atom. The maximum Gasteiger partial charge on any atom is 0.226 e. The first kappa shape index (κ1) is 13.6. The minimum absolute atomic E-state index is 0.0345. The van der Waals surface area contributed by atoms with Gasteiger partial charge in [-0.1, -0.05) is 38.5 Å². The van der Waals surface area contributed by atoms with Crippen LogP contribution in [-0.4, -0.2) is 11.0 Å². The standard InChI is InChI=1S/C13H18N2OS/c1-3-10(2)9-12(16)15-13(17)14-11-7-5-4-6-8-11/h4-8,10H,3,9H2,1-2H3,(H2,14,15,16,17)/t10-/m0/s1. The Bertz CT molecular complexity index is 378. The quantitative estimate of drug-likeness (QED) is 0.807. The maximum atomic E-state index is 11.6. The number of amides is 1. The number of benzene rings is 1. The van der Waals surface area contributed by atoms with Crippen molar-refractivity contribution >= 4 is 28.9 Å². The van der Waals surface area contributed by atoms with Gasteiger partial charge in [0.15, 0.2) is 5.11 Å². The molecular weight excluding hydrogens is 232 g/mol. The zero-order valence-corrected chi connectivity index (χ0v) is 11.0. The van der Waals surface area contributed by atoms with Gasteiger partial charge in [-0.15, -0.1) is 0 Å². The lowest BCUT2D eigenvalue weighted by molar-refractivity contribution is -0.120. The van der Waals surface area contributed by atoms with Crippen molar-refractivity contribution in [1.82, 2.24) is 5.32 Å². The van der Waals surface area contributed by atoms with Gasteiger partial charge < -0.3 is 10.6 Å². The number of hydrogen-bond acceptors (Lipinski definition) is 2. The van der Waals surface area contributed by atoms with Crippen molar-refractivity contribution in [2.24, 2.45) is 5.92 Å². The summed E-state index contributed by atoms with van der Waals surface area (Å²) in [6.07, 6.45) is 1.50. The molecule has 2 N–H and O–H groups in total. The lowest BCUT2D eigenvalue weighted by Crippen LogP contribution is -2.34. The highest BCUT2D eigenvalue weighted by Crippen LogP contribution is 2.07.